The Morgan fingerprint density at radius 1 is 1.18 bits per heavy atom. The highest BCUT2D eigenvalue weighted by atomic mass is 127. The summed E-state index contributed by atoms with van der Waals surface area (Å²) in [5.41, 5.74) is 0. The molecule has 2 aliphatic heterocycles. The molecule has 0 amide bonds. The third-order valence-electron chi connectivity index (χ3n) is 6.02. The van der Waals surface area contributed by atoms with Gasteiger partial charge in [-0.3, -0.25) is 14.8 Å². The minimum absolute atomic E-state index is 0. The maximum absolute atomic E-state index is 5.71. The molecule has 3 rings (SSSR count). The van der Waals surface area contributed by atoms with Gasteiger partial charge in [-0.25, -0.2) is 0 Å². The fourth-order valence-corrected chi connectivity index (χ4v) is 4.36. The summed E-state index contributed by atoms with van der Waals surface area (Å²) in [4.78, 5) is 9.54. The number of halogens is 1. The van der Waals surface area contributed by atoms with Crippen molar-refractivity contribution in [1.82, 2.24) is 20.4 Å². The number of aliphatic imine (C=N–C) groups is 1. The number of hydrogen-bond acceptors (Lipinski definition) is 4. The summed E-state index contributed by atoms with van der Waals surface area (Å²) in [5, 5.41) is 7.04. The number of nitrogens with one attached hydrogen (secondary N) is 2. The molecule has 0 aliphatic carbocycles. The predicted octanol–water partition coefficient (Wildman–Crippen LogP) is 3.32. The van der Waals surface area contributed by atoms with Crippen molar-refractivity contribution in [3.8, 4) is 0 Å². The second-order valence-corrected chi connectivity index (χ2v) is 8.20. The zero-order chi connectivity index (χ0) is 19.1. The van der Waals surface area contributed by atoms with Crippen molar-refractivity contribution >= 4 is 29.9 Å². The lowest BCUT2D eigenvalue weighted by Gasteiger charge is -2.36. The standard InChI is InChI=1S/C21H37N5O.HI/c1-17-8-6-12-26(16-17)18(2)14-23-21(22-3)24-15-19(20-9-7-13-27-20)25-10-4-5-11-25;/h7,9,13,17-19H,4-6,8,10-12,14-16H2,1-3H3,(H2,22,23,24);1H. The minimum atomic E-state index is 0. The van der Waals surface area contributed by atoms with E-state index in [-0.39, 0.29) is 30.0 Å². The van der Waals surface area contributed by atoms with Gasteiger partial charge in [0.15, 0.2) is 5.96 Å². The zero-order valence-corrected chi connectivity index (χ0v) is 20.0. The first-order valence-corrected chi connectivity index (χ1v) is 10.6. The van der Waals surface area contributed by atoms with Crippen molar-refractivity contribution in [2.45, 2.75) is 51.6 Å². The van der Waals surface area contributed by atoms with E-state index in [4.69, 9.17) is 4.42 Å². The normalized spacial score (nSPS) is 23.8. The van der Waals surface area contributed by atoms with Gasteiger partial charge in [0.25, 0.3) is 0 Å². The smallest absolute Gasteiger partial charge is 0.191 e. The van der Waals surface area contributed by atoms with Gasteiger partial charge >= 0.3 is 0 Å². The quantitative estimate of drug-likeness (QED) is 0.340. The van der Waals surface area contributed by atoms with Crippen molar-refractivity contribution in [3.05, 3.63) is 24.2 Å². The Bertz CT molecular complexity index is 573. The van der Waals surface area contributed by atoms with E-state index in [1.54, 1.807) is 6.26 Å². The van der Waals surface area contributed by atoms with Gasteiger partial charge < -0.3 is 15.1 Å². The van der Waals surface area contributed by atoms with Crippen LogP contribution >= 0.6 is 24.0 Å². The van der Waals surface area contributed by atoms with Crippen molar-refractivity contribution in [2.75, 3.05) is 46.3 Å². The summed E-state index contributed by atoms with van der Waals surface area (Å²) in [6.07, 6.45) is 7.00. The van der Waals surface area contributed by atoms with Crippen LogP contribution in [0, 0.1) is 5.92 Å². The molecular weight excluding hydrogens is 465 g/mol. The van der Waals surface area contributed by atoms with E-state index in [9.17, 15) is 0 Å². The van der Waals surface area contributed by atoms with Crippen LogP contribution in [-0.2, 0) is 0 Å². The van der Waals surface area contributed by atoms with Crippen LogP contribution in [-0.4, -0.2) is 68.1 Å². The van der Waals surface area contributed by atoms with Crippen LogP contribution in [0.25, 0.3) is 0 Å². The molecule has 2 saturated heterocycles. The summed E-state index contributed by atoms with van der Waals surface area (Å²) in [7, 11) is 1.85. The van der Waals surface area contributed by atoms with Gasteiger partial charge in [-0.15, -0.1) is 24.0 Å². The first-order valence-electron chi connectivity index (χ1n) is 10.6. The first-order chi connectivity index (χ1) is 13.2. The number of nitrogens with zero attached hydrogens (tertiary/aromatic N) is 3. The van der Waals surface area contributed by atoms with E-state index in [2.05, 4.69) is 45.3 Å². The van der Waals surface area contributed by atoms with Crippen LogP contribution in [0.15, 0.2) is 27.8 Å². The molecule has 3 atom stereocenters. The third kappa shape index (κ3) is 6.62. The number of rotatable bonds is 7. The van der Waals surface area contributed by atoms with Crippen LogP contribution < -0.4 is 10.6 Å². The second kappa shape index (κ2) is 12.0. The van der Waals surface area contributed by atoms with Gasteiger partial charge in [0, 0.05) is 32.7 Å². The van der Waals surface area contributed by atoms with Gasteiger partial charge in [0.2, 0.25) is 0 Å². The van der Waals surface area contributed by atoms with Gasteiger partial charge in [-0.05, 0) is 70.3 Å². The summed E-state index contributed by atoms with van der Waals surface area (Å²) in [6, 6.07) is 4.85. The van der Waals surface area contributed by atoms with Gasteiger partial charge in [0.1, 0.15) is 5.76 Å². The van der Waals surface area contributed by atoms with Crippen LogP contribution in [0.3, 0.4) is 0 Å². The third-order valence-corrected chi connectivity index (χ3v) is 6.02. The van der Waals surface area contributed by atoms with E-state index in [1.165, 1.54) is 38.8 Å². The molecule has 1 aromatic rings. The monoisotopic (exact) mass is 503 g/mol. The number of furan rings is 1. The number of guanidine groups is 1. The molecule has 2 aliphatic rings. The molecule has 0 radical (unpaired) electrons. The van der Waals surface area contributed by atoms with Crippen LogP contribution in [0.2, 0.25) is 0 Å². The van der Waals surface area contributed by atoms with Crippen LogP contribution in [0.4, 0.5) is 0 Å². The lowest BCUT2D eigenvalue weighted by Crippen LogP contribution is -2.49. The van der Waals surface area contributed by atoms with E-state index in [0.717, 1.165) is 43.8 Å². The number of piperidine rings is 1. The van der Waals surface area contributed by atoms with Gasteiger partial charge in [-0.1, -0.05) is 6.92 Å². The first kappa shape index (κ1) is 23.5. The van der Waals surface area contributed by atoms with Crippen molar-refractivity contribution < 1.29 is 4.42 Å². The Labute approximate surface area is 187 Å². The molecule has 7 heteroatoms. The van der Waals surface area contributed by atoms with Crippen LogP contribution in [0.1, 0.15) is 51.3 Å². The minimum Gasteiger partial charge on any atom is -0.468 e. The number of hydrogen-bond donors (Lipinski definition) is 2. The Balaban J connectivity index is 0.00000280. The molecule has 3 unspecified atom stereocenters. The topological polar surface area (TPSA) is 56.0 Å². The zero-order valence-electron chi connectivity index (χ0n) is 17.7. The largest absolute Gasteiger partial charge is 0.468 e. The van der Waals surface area contributed by atoms with E-state index >= 15 is 0 Å². The molecular formula is C21H38IN5O. The van der Waals surface area contributed by atoms with Crippen LogP contribution in [0.5, 0.6) is 0 Å². The molecule has 0 spiro atoms. The molecule has 2 N–H and O–H groups in total. The molecule has 1 aromatic heterocycles. The van der Waals surface area contributed by atoms with E-state index < -0.39 is 0 Å². The predicted molar refractivity (Wildman–Crippen MR) is 126 cm³/mol. The fraction of sp³-hybridized carbons (Fsp3) is 0.762. The lowest BCUT2D eigenvalue weighted by molar-refractivity contribution is 0.139. The van der Waals surface area contributed by atoms with Gasteiger partial charge in [-0.2, -0.15) is 0 Å². The summed E-state index contributed by atoms with van der Waals surface area (Å²) < 4.78 is 5.71. The molecule has 160 valence electrons. The summed E-state index contributed by atoms with van der Waals surface area (Å²) in [6.45, 7) is 11.1. The summed E-state index contributed by atoms with van der Waals surface area (Å²) in [5.74, 6) is 2.73. The number of likely N-dealkylation sites (tertiary alicyclic amines) is 2. The van der Waals surface area contributed by atoms with Crippen molar-refractivity contribution in [3.63, 3.8) is 0 Å². The van der Waals surface area contributed by atoms with Crippen molar-refractivity contribution in [1.29, 1.82) is 0 Å². The fourth-order valence-electron chi connectivity index (χ4n) is 4.36. The molecule has 2 fully saturated rings. The maximum atomic E-state index is 5.71. The average Bonchev–Trinajstić information content (AvgIpc) is 3.38. The molecule has 0 bridgehead atoms. The highest BCUT2D eigenvalue weighted by molar-refractivity contribution is 14.0. The van der Waals surface area contributed by atoms with Crippen molar-refractivity contribution in [2.24, 2.45) is 10.9 Å². The Morgan fingerprint density at radius 2 is 1.89 bits per heavy atom. The Kier molecular flexibility index (Phi) is 10.1. The summed E-state index contributed by atoms with van der Waals surface area (Å²) >= 11 is 0. The molecule has 6 nitrogen and oxygen atoms in total. The molecule has 28 heavy (non-hydrogen) atoms. The van der Waals surface area contributed by atoms with E-state index in [1.807, 2.05) is 13.1 Å². The second-order valence-electron chi connectivity index (χ2n) is 8.20. The molecule has 0 saturated carbocycles. The highest BCUT2D eigenvalue weighted by Gasteiger charge is 2.26. The average molecular weight is 503 g/mol. The molecule has 0 aromatic carbocycles. The Hall–Kier alpha value is -0.800. The molecule has 3 heterocycles. The van der Waals surface area contributed by atoms with Gasteiger partial charge in [0.05, 0.1) is 12.3 Å². The Morgan fingerprint density at radius 3 is 2.54 bits per heavy atom. The van der Waals surface area contributed by atoms with E-state index in [0.29, 0.717) is 6.04 Å². The maximum Gasteiger partial charge on any atom is 0.191 e. The SMILES string of the molecule is CN=C(NCC(C)N1CCCC(C)C1)NCC(c1ccco1)N1CCCC1.I. The lowest BCUT2D eigenvalue weighted by atomic mass is 9.99. The highest BCUT2D eigenvalue weighted by Crippen LogP contribution is 2.24.